The van der Waals surface area contributed by atoms with Gasteiger partial charge in [-0.3, -0.25) is 0 Å². The largest absolute Gasteiger partial charge is 0.497 e. The molecule has 3 aromatic rings. The van der Waals surface area contributed by atoms with Gasteiger partial charge in [-0.25, -0.2) is 0 Å². The third-order valence-electron chi connectivity index (χ3n) is 6.83. The smallest absolute Gasteiger partial charge is 0.129 e. The predicted molar refractivity (Wildman–Crippen MR) is 121 cm³/mol. The first kappa shape index (κ1) is 20.3. The molecule has 0 amide bonds. The van der Waals surface area contributed by atoms with Gasteiger partial charge in [0.05, 0.1) is 19.3 Å². The molecule has 2 N–H and O–H groups in total. The highest BCUT2D eigenvalue weighted by Crippen LogP contribution is 2.45. The van der Waals surface area contributed by atoms with E-state index in [-0.39, 0.29) is 5.60 Å². The number of nitrogens with zero attached hydrogens (tertiary/aromatic N) is 1. The van der Waals surface area contributed by atoms with E-state index in [0.717, 1.165) is 53.9 Å². The molecular weight excluding hydrogens is 390 g/mol. The molecule has 3 aromatic carbocycles. The number of hydrogen-bond donors (Lipinski definition) is 2. The van der Waals surface area contributed by atoms with Gasteiger partial charge in [0.25, 0.3) is 0 Å². The van der Waals surface area contributed by atoms with Crippen molar-refractivity contribution in [1.29, 1.82) is 0 Å². The highest BCUT2D eigenvalue weighted by molar-refractivity contribution is 5.83. The first-order chi connectivity index (χ1) is 15.0. The Kier molecular flexibility index (Phi) is 5.34. The molecule has 1 saturated heterocycles. The molecule has 0 radical (unpaired) electrons. The molecule has 0 saturated carbocycles. The van der Waals surface area contributed by atoms with Crippen molar-refractivity contribution in [1.82, 2.24) is 4.90 Å². The Labute approximate surface area is 182 Å². The molecule has 0 aliphatic carbocycles. The van der Waals surface area contributed by atoms with Crippen molar-refractivity contribution in [2.75, 3.05) is 26.7 Å². The second-order valence-corrected chi connectivity index (χ2v) is 8.83. The van der Waals surface area contributed by atoms with Crippen LogP contribution in [0.2, 0.25) is 0 Å². The van der Waals surface area contributed by atoms with Crippen molar-refractivity contribution < 1.29 is 19.7 Å². The Morgan fingerprint density at radius 2 is 1.84 bits per heavy atom. The Hall–Kier alpha value is -2.60. The lowest BCUT2D eigenvalue weighted by atomic mass is 9.81. The van der Waals surface area contributed by atoms with Gasteiger partial charge in [-0.15, -0.1) is 0 Å². The molecule has 1 spiro atoms. The number of likely N-dealkylation sites (tertiary alicyclic amines) is 1. The molecule has 0 bridgehead atoms. The summed E-state index contributed by atoms with van der Waals surface area (Å²) in [5, 5.41) is 23.9. The molecule has 2 heterocycles. The van der Waals surface area contributed by atoms with Gasteiger partial charge in [0.15, 0.2) is 0 Å². The Bertz CT molecular complexity index is 1070. The molecule has 1 fully saturated rings. The highest BCUT2D eigenvalue weighted by atomic mass is 16.5. The van der Waals surface area contributed by atoms with Crippen molar-refractivity contribution in [2.45, 2.75) is 37.1 Å². The van der Waals surface area contributed by atoms with Crippen molar-refractivity contribution in [2.24, 2.45) is 0 Å². The minimum Gasteiger partial charge on any atom is -0.497 e. The third kappa shape index (κ3) is 4.01. The van der Waals surface area contributed by atoms with Crippen LogP contribution in [0.25, 0.3) is 10.8 Å². The van der Waals surface area contributed by atoms with Crippen LogP contribution in [0.4, 0.5) is 0 Å². The quantitative estimate of drug-likeness (QED) is 0.663. The zero-order chi connectivity index (χ0) is 21.4. The first-order valence-electron chi connectivity index (χ1n) is 11.0. The van der Waals surface area contributed by atoms with Gasteiger partial charge in [0.2, 0.25) is 0 Å². The van der Waals surface area contributed by atoms with Crippen molar-refractivity contribution in [3.8, 4) is 11.5 Å². The van der Waals surface area contributed by atoms with Crippen LogP contribution in [0.3, 0.4) is 0 Å². The molecule has 2 aliphatic rings. The van der Waals surface area contributed by atoms with E-state index < -0.39 is 12.2 Å². The van der Waals surface area contributed by atoms with Crippen LogP contribution in [0.5, 0.6) is 11.5 Å². The summed E-state index contributed by atoms with van der Waals surface area (Å²) in [5.41, 5.74) is 1.42. The fourth-order valence-corrected chi connectivity index (χ4v) is 4.96. The normalized spacial score (nSPS) is 21.5. The van der Waals surface area contributed by atoms with Gasteiger partial charge >= 0.3 is 0 Å². The number of aliphatic hydroxyl groups is 2. The summed E-state index contributed by atoms with van der Waals surface area (Å²) in [6.45, 7) is 2.26. The van der Waals surface area contributed by atoms with Gasteiger partial charge in [0.1, 0.15) is 17.1 Å². The van der Waals surface area contributed by atoms with Crippen LogP contribution in [0.15, 0.2) is 60.7 Å². The Balaban J connectivity index is 1.24. The summed E-state index contributed by atoms with van der Waals surface area (Å²) in [6.07, 6.45) is 1.20. The third-order valence-corrected chi connectivity index (χ3v) is 6.83. The number of ether oxygens (including phenoxy) is 2. The Morgan fingerprint density at radius 3 is 2.61 bits per heavy atom. The van der Waals surface area contributed by atoms with Crippen LogP contribution in [-0.2, 0) is 0 Å². The summed E-state index contributed by atoms with van der Waals surface area (Å²) >= 11 is 0. The number of β-amino-alcohol motifs (C(OH)–C–C–N with tert-alkyl or cyclic N) is 1. The first-order valence-corrected chi connectivity index (χ1v) is 11.0. The molecule has 2 atom stereocenters. The fraction of sp³-hybridized carbons (Fsp3) is 0.385. The van der Waals surface area contributed by atoms with Crippen molar-refractivity contribution >= 4 is 10.8 Å². The van der Waals surface area contributed by atoms with E-state index in [1.54, 1.807) is 7.11 Å². The van der Waals surface area contributed by atoms with Crippen LogP contribution < -0.4 is 9.47 Å². The van der Waals surface area contributed by atoms with E-state index in [9.17, 15) is 10.2 Å². The number of piperidine rings is 1. The molecule has 0 aromatic heterocycles. The molecule has 2 aliphatic heterocycles. The lowest BCUT2D eigenvalue weighted by molar-refractivity contribution is -0.0588. The number of methoxy groups -OCH3 is 1. The number of rotatable bonds is 4. The average molecular weight is 420 g/mol. The van der Waals surface area contributed by atoms with E-state index in [0.29, 0.717) is 13.0 Å². The maximum absolute atomic E-state index is 10.8. The van der Waals surface area contributed by atoms with E-state index in [2.05, 4.69) is 29.2 Å². The van der Waals surface area contributed by atoms with Gasteiger partial charge in [-0.2, -0.15) is 0 Å². The minimum absolute atomic E-state index is 0.358. The average Bonchev–Trinajstić information content (AvgIpc) is 2.80. The molecular formula is C26H29NO4. The SMILES string of the molecule is COc1ccc2c(c1)OC1(CCN(C[C@H](O)c3ccc4ccccc4c3)CC1)C[C@@H]2O. The zero-order valence-corrected chi connectivity index (χ0v) is 17.8. The lowest BCUT2D eigenvalue weighted by Gasteiger charge is -2.46. The van der Waals surface area contributed by atoms with Gasteiger partial charge < -0.3 is 24.6 Å². The maximum atomic E-state index is 10.8. The summed E-state index contributed by atoms with van der Waals surface area (Å²) in [7, 11) is 1.64. The van der Waals surface area contributed by atoms with E-state index >= 15 is 0 Å². The van der Waals surface area contributed by atoms with Gasteiger partial charge in [0, 0.05) is 37.7 Å². The number of fused-ring (bicyclic) bond motifs is 2. The van der Waals surface area contributed by atoms with Crippen LogP contribution in [0, 0.1) is 0 Å². The molecule has 0 unspecified atom stereocenters. The maximum Gasteiger partial charge on any atom is 0.129 e. The van der Waals surface area contributed by atoms with E-state index in [1.165, 1.54) is 5.39 Å². The summed E-state index contributed by atoms with van der Waals surface area (Å²) in [5.74, 6) is 1.46. The zero-order valence-electron chi connectivity index (χ0n) is 17.8. The summed E-state index contributed by atoms with van der Waals surface area (Å²) < 4.78 is 11.8. The summed E-state index contributed by atoms with van der Waals surface area (Å²) in [6, 6.07) is 20.0. The minimum atomic E-state index is -0.526. The molecule has 31 heavy (non-hydrogen) atoms. The Morgan fingerprint density at radius 1 is 1.06 bits per heavy atom. The number of hydrogen-bond acceptors (Lipinski definition) is 5. The van der Waals surface area contributed by atoms with Gasteiger partial charge in [-0.05, 0) is 47.4 Å². The fourth-order valence-electron chi connectivity index (χ4n) is 4.96. The summed E-state index contributed by atoms with van der Waals surface area (Å²) in [4.78, 5) is 2.29. The van der Waals surface area contributed by atoms with Crippen molar-refractivity contribution in [3.63, 3.8) is 0 Å². The van der Waals surface area contributed by atoms with E-state index in [1.807, 2.05) is 36.4 Å². The monoisotopic (exact) mass is 419 g/mol. The molecule has 5 rings (SSSR count). The van der Waals surface area contributed by atoms with Crippen LogP contribution in [0.1, 0.15) is 42.6 Å². The van der Waals surface area contributed by atoms with E-state index in [4.69, 9.17) is 9.47 Å². The molecule has 5 nitrogen and oxygen atoms in total. The predicted octanol–water partition coefficient (Wildman–Crippen LogP) is 4.23. The molecule has 5 heteroatoms. The second-order valence-electron chi connectivity index (χ2n) is 8.83. The standard InChI is InChI=1S/C26H29NO4/c1-30-21-8-9-22-23(28)16-26(31-25(22)15-21)10-12-27(13-11-26)17-24(29)20-7-6-18-4-2-3-5-19(18)14-20/h2-9,14-15,23-24,28-29H,10-13,16-17H2,1H3/t23-,24-/m0/s1. The second kappa shape index (κ2) is 8.15. The highest BCUT2D eigenvalue weighted by Gasteiger charge is 2.43. The van der Waals surface area contributed by atoms with Gasteiger partial charge in [-0.1, -0.05) is 36.4 Å². The number of aliphatic hydroxyl groups excluding tert-OH is 2. The topological polar surface area (TPSA) is 62.2 Å². The number of benzene rings is 3. The van der Waals surface area contributed by atoms with Crippen LogP contribution >= 0.6 is 0 Å². The van der Waals surface area contributed by atoms with Crippen LogP contribution in [-0.4, -0.2) is 47.5 Å². The molecule has 162 valence electrons. The van der Waals surface area contributed by atoms with Crippen molar-refractivity contribution in [3.05, 3.63) is 71.8 Å². The lowest BCUT2D eigenvalue weighted by Crippen LogP contribution is -2.51.